The van der Waals surface area contributed by atoms with Crippen molar-refractivity contribution in [2.45, 2.75) is 26.4 Å². The molecule has 6 nitrogen and oxygen atoms in total. The van der Waals surface area contributed by atoms with Crippen LogP contribution in [0.3, 0.4) is 0 Å². The van der Waals surface area contributed by atoms with E-state index in [-0.39, 0.29) is 22.9 Å². The largest absolute Gasteiger partial charge is 0.382 e. The highest BCUT2D eigenvalue weighted by Crippen LogP contribution is 2.26. The molecule has 0 spiro atoms. The highest BCUT2D eigenvalue weighted by Gasteiger charge is 2.31. The predicted molar refractivity (Wildman–Crippen MR) is 84.1 cm³/mol. The SMILES string of the molecule is Cc1n[nH]c(C)c1NC(=O)C1CC(c2c(F)cccc2Cl)=NO1. The van der Waals surface area contributed by atoms with E-state index < -0.39 is 11.9 Å². The molecule has 2 aromatic rings. The lowest BCUT2D eigenvalue weighted by atomic mass is 10.0. The maximum Gasteiger partial charge on any atom is 0.268 e. The van der Waals surface area contributed by atoms with Gasteiger partial charge in [0, 0.05) is 6.42 Å². The second-order valence-electron chi connectivity index (χ2n) is 5.23. The molecule has 1 amide bonds. The Hall–Kier alpha value is -2.41. The Morgan fingerprint density at radius 2 is 2.26 bits per heavy atom. The third kappa shape index (κ3) is 2.92. The number of oxime groups is 1. The number of hydrogen-bond donors (Lipinski definition) is 2. The third-order valence-corrected chi connectivity index (χ3v) is 3.90. The summed E-state index contributed by atoms with van der Waals surface area (Å²) in [6, 6.07) is 4.36. The van der Waals surface area contributed by atoms with Crippen LogP contribution in [-0.2, 0) is 9.63 Å². The Morgan fingerprint density at radius 3 is 2.91 bits per heavy atom. The van der Waals surface area contributed by atoms with E-state index in [2.05, 4.69) is 20.7 Å². The van der Waals surface area contributed by atoms with E-state index in [1.165, 1.54) is 12.1 Å². The normalized spacial score (nSPS) is 16.9. The number of anilines is 1. The average Bonchev–Trinajstić information content (AvgIpc) is 3.09. The maximum absolute atomic E-state index is 13.9. The third-order valence-electron chi connectivity index (χ3n) is 3.59. The van der Waals surface area contributed by atoms with Gasteiger partial charge in [0.1, 0.15) is 5.82 Å². The Morgan fingerprint density at radius 1 is 1.48 bits per heavy atom. The summed E-state index contributed by atoms with van der Waals surface area (Å²) in [5.74, 6) is -0.869. The number of halogens is 2. The van der Waals surface area contributed by atoms with Gasteiger partial charge in [-0.15, -0.1) is 0 Å². The summed E-state index contributed by atoms with van der Waals surface area (Å²) in [7, 11) is 0. The van der Waals surface area contributed by atoms with Crippen LogP contribution in [0.1, 0.15) is 23.4 Å². The molecule has 1 aromatic carbocycles. The van der Waals surface area contributed by atoms with Crippen LogP contribution in [0.15, 0.2) is 23.4 Å². The summed E-state index contributed by atoms with van der Waals surface area (Å²) >= 11 is 6.00. The van der Waals surface area contributed by atoms with Gasteiger partial charge in [-0.3, -0.25) is 9.89 Å². The summed E-state index contributed by atoms with van der Waals surface area (Å²) < 4.78 is 13.9. The first-order valence-electron chi connectivity index (χ1n) is 6.97. The molecule has 0 radical (unpaired) electrons. The molecule has 1 atom stereocenters. The minimum absolute atomic E-state index is 0.141. The first-order valence-corrected chi connectivity index (χ1v) is 7.34. The van der Waals surface area contributed by atoms with Crippen molar-refractivity contribution in [3.05, 3.63) is 46.0 Å². The minimum atomic E-state index is -0.839. The molecule has 2 N–H and O–H groups in total. The lowest BCUT2D eigenvalue weighted by Gasteiger charge is -2.09. The van der Waals surface area contributed by atoms with Crippen LogP contribution in [0.4, 0.5) is 10.1 Å². The zero-order valence-electron chi connectivity index (χ0n) is 12.5. The number of rotatable bonds is 3. The average molecular weight is 337 g/mol. The molecule has 120 valence electrons. The molecule has 1 unspecified atom stereocenters. The zero-order chi connectivity index (χ0) is 16.6. The summed E-state index contributed by atoms with van der Waals surface area (Å²) in [6.45, 7) is 3.57. The minimum Gasteiger partial charge on any atom is -0.382 e. The molecule has 0 aliphatic carbocycles. The molecule has 23 heavy (non-hydrogen) atoms. The van der Waals surface area contributed by atoms with Gasteiger partial charge in [-0.25, -0.2) is 4.39 Å². The van der Waals surface area contributed by atoms with Crippen LogP contribution in [0, 0.1) is 19.7 Å². The number of H-pyrrole nitrogens is 1. The monoisotopic (exact) mass is 336 g/mol. The fraction of sp³-hybridized carbons (Fsp3) is 0.267. The van der Waals surface area contributed by atoms with Gasteiger partial charge in [0.25, 0.3) is 5.91 Å². The van der Waals surface area contributed by atoms with Crippen LogP contribution in [0.25, 0.3) is 0 Å². The molecular formula is C15H14ClFN4O2. The molecule has 0 saturated carbocycles. The van der Waals surface area contributed by atoms with Crippen LogP contribution in [-0.4, -0.2) is 27.9 Å². The molecule has 0 fully saturated rings. The number of aromatic nitrogens is 2. The molecule has 0 bridgehead atoms. The number of carbonyl (C=O) groups excluding carboxylic acids is 1. The van der Waals surface area contributed by atoms with Gasteiger partial charge in [0.15, 0.2) is 0 Å². The number of hydrogen-bond acceptors (Lipinski definition) is 4. The van der Waals surface area contributed by atoms with Gasteiger partial charge in [-0.05, 0) is 26.0 Å². The summed E-state index contributed by atoms with van der Waals surface area (Å²) in [6.07, 6.45) is -0.697. The highest BCUT2D eigenvalue weighted by molar-refractivity contribution is 6.34. The van der Waals surface area contributed by atoms with E-state index in [1.54, 1.807) is 19.9 Å². The van der Waals surface area contributed by atoms with E-state index in [0.29, 0.717) is 17.1 Å². The van der Waals surface area contributed by atoms with Crippen molar-refractivity contribution in [1.29, 1.82) is 0 Å². The summed E-state index contributed by atoms with van der Waals surface area (Å²) in [5, 5.41) is 13.6. The number of benzene rings is 1. The van der Waals surface area contributed by atoms with E-state index in [4.69, 9.17) is 16.4 Å². The lowest BCUT2D eigenvalue weighted by molar-refractivity contribution is -0.125. The Bertz CT molecular complexity index is 763. The van der Waals surface area contributed by atoms with Gasteiger partial charge in [0.05, 0.1) is 33.4 Å². The smallest absolute Gasteiger partial charge is 0.268 e. The van der Waals surface area contributed by atoms with Crippen LogP contribution in [0.5, 0.6) is 0 Å². The van der Waals surface area contributed by atoms with Crippen molar-refractivity contribution in [1.82, 2.24) is 10.2 Å². The predicted octanol–water partition coefficient (Wildman–Crippen LogP) is 2.95. The number of aromatic amines is 1. The molecule has 8 heteroatoms. The fourth-order valence-corrected chi connectivity index (χ4v) is 2.65. The van der Waals surface area contributed by atoms with E-state index in [0.717, 1.165) is 5.69 Å². The first-order chi connectivity index (χ1) is 11.0. The Balaban J connectivity index is 1.73. The van der Waals surface area contributed by atoms with Crippen molar-refractivity contribution in [2.75, 3.05) is 5.32 Å². The standard InChI is InChI=1S/C15H14ClFN4O2/c1-7-14(8(2)20-19-7)18-15(22)12-6-11(21-23-12)13-9(16)4-3-5-10(13)17/h3-5,12H,6H2,1-2H3,(H,18,22)(H,19,20). The first kappa shape index (κ1) is 15.5. The molecule has 2 heterocycles. The van der Waals surface area contributed by atoms with Gasteiger partial charge >= 0.3 is 0 Å². The van der Waals surface area contributed by atoms with Gasteiger partial charge in [-0.2, -0.15) is 5.10 Å². The fourth-order valence-electron chi connectivity index (χ4n) is 2.38. The topological polar surface area (TPSA) is 79.4 Å². The van der Waals surface area contributed by atoms with Crippen molar-refractivity contribution in [2.24, 2.45) is 5.16 Å². The number of amides is 1. The van der Waals surface area contributed by atoms with Crippen LogP contribution < -0.4 is 5.32 Å². The van der Waals surface area contributed by atoms with Crippen molar-refractivity contribution < 1.29 is 14.0 Å². The second-order valence-corrected chi connectivity index (χ2v) is 5.64. The van der Waals surface area contributed by atoms with Gasteiger partial charge in [-0.1, -0.05) is 22.8 Å². The van der Waals surface area contributed by atoms with Crippen molar-refractivity contribution >= 4 is 28.9 Å². The Kier molecular flexibility index (Phi) is 4.04. The zero-order valence-corrected chi connectivity index (χ0v) is 13.2. The summed E-state index contributed by atoms with van der Waals surface area (Å²) in [4.78, 5) is 17.4. The van der Waals surface area contributed by atoms with E-state index in [9.17, 15) is 9.18 Å². The lowest BCUT2D eigenvalue weighted by Crippen LogP contribution is -2.28. The number of aryl methyl sites for hydroxylation is 2. The van der Waals surface area contributed by atoms with Crippen LogP contribution >= 0.6 is 11.6 Å². The van der Waals surface area contributed by atoms with Gasteiger partial charge in [0.2, 0.25) is 6.10 Å². The van der Waals surface area contributed by atoms with E-state index in [1.807, 2.05) is 0 Å². The number of carbonyl (C=O) groups is 1. The number of nitrogens with zero attached hydrogens (tertiary/aromatic N) is 2. The van der Waals surface area contributed by atoms with Gasteiger partial charge < -0.3 is 10.2 Å². The quantitative estimate of drug-likeness (QED) is 0.904. The summed E-state index contributed by atoms with van der Waals surface area (Å²) in [5.41, 5.74) is 2.50. The molecule has 1 aromatic heterocycles. The van der Waals surface area contributed by atoms with Crippen molar-refractivity contribution in [3.63, 3.8) is 0 Å². The van der Waals surface area contributed by atoms with E-state index >= 15 is 0 Å². The maximum atomic E-state index is 13.9. The molecule has 0 saturated heterocycles. The van der Waals surface area contributed by atoms with Crippen LogP contribution in [0.2, 0.25) is 5.02 Å². The molecule has 1 aliphatic heterocycles. The molecule has 3 rings (SSSR count). The Labute approximate surface area is 136 Å². The highest BCUT2D eigenvalue weighted by atomic mass is 35.5. The number of nitrogens with one attached hydrogen (secondary N) is 2. The van der Waals surface area contributed by atoms with Crippen molar-refractivity contribution in [3.8, 4) is 0 Å². The molecule has 1 aliphatic rings. The molecular weight excluding hydrogens is 323 g/mol. The second kappa shape index (κ2) is 6.00.